The minimum Gasteiger partial charge on any atom is -0.493 e. The molecule has 1 aliphatic rings. The molecule has 2 atom stereocenters. The van der Waals surface area contributed by atoms with Gasteiger partial charge in [-0.3, -0.25) is 0 Å². The van der Waals surface area contributed by atoms with Crippen LogP contribution in [0.3, 0.4) is 0 Å². The monoisotopic (exact) mass is 263 g/mol. The van der Waals surface area contributed by atoms with Crippen molar-refractivity contribution in [3.05, 3.63) is 23.8 Å². The van der Waals surface area contributed by atoms with Gasteiger partial charge in [-0.05, 0) is 37.3 Å². The van der Waals surface area contributed by atoms with Gasteiger partial charge in [0.05, 0.1) is 14.2 Å². The Morgan fingerprint density at radius 3 is 2.47 bits per heavy atom. The van der Waals surface area contributed by atoms with Crippen LogP contribution < -0.4 is 14.8 Å². The number of rotatable bonds is 4. The molecular formula is C16H25NO2. The van der Waals surface area contributed by atoms with Crippen molar-refractivity contribution in [3.63, 3.8) is 0 Å². The minimum atomic E-state index is 0.0671. The van der Waals surface area contributed by atoms with E-state index in [-0.39, 0.29) is 5.41 Å². The average Bonchev–Trinajstić information content (AvgIpc) is 2.85. The van der Waals surface area contributed by atoms with Gasteiger partial charge in [-0.25, -0.2) is 0 Å². The molecule has 2 unspecified atom stereocenters. The van der Waals surface area contributed by atoms with Crippen molar-refractivity contribution in [1.82, 2.24) is 5.32 Å². The van der Waals surface area contributed by atoms with E-state index in [0.717, 1.165) is 18.0 Å². The highest BCUT2D eigenvalue weighted by Gasteiger charge is 2.38. The number of benzene rings is 1. The maximum absolute atomic E-state index is 5.59. The molecule has 3 heteroatoms. The number of ether oxygens (including phenoxy) is 2. The van der Waals surface area contributed by atoms with Crippen LogP contribution in [0.1, 0.15) is 32.8 Å². The first-order valence-corrected chi connectivity index (χ1v) is 6.95. The molecule has 0 aromatic heterocycles. The van der Waals surface area contributed by atoms with Crippen LogP contribution in [0, 0.1) is 5.92 Å². The fraction of sp³-hybridized carbons (Fsp3) is 0.625. The summed E-state index contributed by atoms with van der Waals surface area (Å²) in [5.74, 6) is 2.30. The van der Waals surface area contributed by atoms with Gasteiger partial charge < -0.3 is 14.8 Å². The molecule has 0 radical (unpaired) electrons. The van der Waals surface area contributed by atoms with E-state index in [1.54, 1.807) is 14.2 Å². The predicted octanol–water partition coefficient (Wildman–Crippen LogP) is 2.98. The first-order chi connectivity index (χ1) is 9.00. The maximum atomic E-state index is 5.59. The largest absolute Gasteiger partial charge is 0.493 e. The van der Waals surface area contributed by atoms with Crippen LogP contribution in [-0.2, 0) is 5.41 Å². The van der Waals surface area contributed by atoms with Crippen LogP contribution in [0.25, 0.3) is 0 Å². The summed E-state index contributed by atoms with van der Waals surface area (Å²) in [6, 6.07) is 6.75. The van der Waals surface area contributed by atoms with Crippen LogP contribution in [-0.4, -0.2) is 26.8 Å². The van der Waals surface area contributed by atoms with E-state index in [9.17, 15) is 0 Å². The second-order valence-corrected chi connectivity index (χ2v) is 6.00. The van der Waals surface area contributed by atoms with Crippen molar-refractivity contribution in [2.45, 2.75) is 38.6 Å². The summed E-state index contributed by atoms with van der Waals surface area (Å²) in [6.45, 7) is 7.91. The fourth-order valence-corrected chi connectivity index (χ4v) is 3.10. The molecule has 2 rings (SSSR count). The van der Waals surface area contributed by atoms with Gasteiger partial charge in [0.15, 0.2) is 11.5 Å². The van der Waals surface area contributed by atoms with Crippen LogP contribution in [0.5, 0.6) is 11.5 Å². The maximum Gasteiger partial charge on any atom is 0.164 e. The lowest BCUT2D eigenvalue weighted by molar-refractivity contribution is 0.306. The molecular weight excluding hydrogens is 238 g/mol. The van der Waals surface area contributed by atoms with Crippen LogP contribution in [0.15, 0.2) is 18.2 Å². The number of nitrogens with one attached hydrogen (secondary N) is 1. The average molecular weight is 263 g/mol. The Morgan fingerprint density at radius 1 is 1.21 bits per heavy atom. The molecule has 1 aliphatic heterocycles. The van der Waals surface area contributed by atoms with Crippen molar-refractivity contribution in [2.75, 3.05) is 20.8 Å². The highest BCUT2D eigenvalue weighted by Crippen LogP contribution is 2.44. The lowest BCUT2D eigenvalue weighted by Crippen LogP contribution is -2.30. The van der Waals surface area contributed by atoms with Gasteiger partial charge in [-0.1, -0.05) is 26.0 Å². The van der Waals surface area contributed by atoms with Crippen LogP contribution in [0.2, 0.25) is 0 Å². The van der Waals surface area contributed by atoms with Crippen molar-refractivity contribution in [2.24, 2.45) is 5.92 Å². The predicted molar refractivity (Wildman–Crippen MR) is 78.1 cm³/mol. The summed E-state index contributed by atoms with van der Waals surface area (Å²) >= 11 is 0. The van der Waals surface area contributed by atoms with E-state index in [0.29, 0.717) is 12.0 Å². The Hall–Kier alpha value is -1.22. The van der Waals surface area contributed by atoms with Gasteiger partial charge in [0.1, 0.15) is 0 Å². The summed E-state index contributed by atoms with van der Waals surface area (Å²) in [5, 5.41) is 3.54. The van der Waals surface area contributed by atoms with Crippen molar-refractivity contribution in [1.29, 1.82) is 0 Å². The molecule has 1 aromatic rings. The zero-order chi connectivity index (χ0) is 14.0. The number of para-hydroxylation sites is 1. The van der Waals surface area contributed by atoms with E-state index in [1.807, 2.05) is 12.1 Å². The molecule has 0 saturated carbocycles. The van der Waals surface area contributed by atoms with Crippen LogP contribution in [0.4, 0.5) is 0 Å². The SMILES string of the molecule is COc1cccc(C(C)(C)C2CNC(C)C2)c1OC. The number of hydrogen-bond acceptors (Lipinski definition) is 3. The number of methoxy groups -OCH3 is 2. The van der Waals surface area contributed by atoms with Gasteiger partial charge in [-0.15, -0.1) is 0 Å². The Labute approximate surface area is 116 Å². The summed E-state index contributed by atoms with van der Waals surface area (Å²) in [5.41, 5.74) is 1.30. The molecule has 0 aliphatic carbocycles. The van der Waals surface area contributed by atoms with E-state index in [4.69, 9.17) is 9.47 Å². The van der Waals surface area contributed by atoms with E-state index in [2.05, 4.69) is 32.2 Å². The molecule has 1 saturated heterocycles. The van der Waals surface area contributed by atoms with Crippen molar-refractivity contribution >= 4 is 0 Å². The standard InChI is InChI=1S/C16H25NO2/c1-11-9-12(10-17-11)16(2,3)13-7-6-8-14(18-4)15(13)19-5/h6-8,11-12,17H,9-10H2,1-5H3. The molecule has 0 amide bonds. The first kappa shape index (κ1) is 14.2. The zero-order valence-electron chi connectivity index (χ0n) is 12.6. The van der Waals surface area contributed by atoms with Crippen molar-refractivity contribution in [3.8, 4) is 11.5 Å². The van der Waals surface area contributed by atoms with Gasteiger partial charge in [0.25, 0.3) is 0 Å². The molecule has 106 valence electrons. The highest BCUT2D eigenvalue weighted by molar-refractivity contribution is 5.50. The lowest BCUT2D eigenvalue weighted by atomic mass is 9.72. The molecule has 3 nitrogen and oxygen atoms in total. The van der Waals surface area contributed by atoms with Gasteiger partial charge in [0, 0.05) is 11.6 Å². The molecule has 1 fully saturated rings. The second kappa shape index (κ2) is 5.41. The third-order valence-electron chi connectivity index (χ3n) is 4.47. The Kier molecular flexibility index (Phi) is 4.04. The minimum absolute atomic E-state index is 0.0671. The van der Waals surface area contributed by atoms with Gasteiger partial charge in [0.2, 0.25) is 0 Å². The summed E-state index contributed by atoms with van der Waals surface area (Å²) in [7, 11) is 3.40. The third kappa shape index (κ3) is 2.57. The molecule has 1 aromatic carbocycles. The first-order valence-electron chi connectivity index (χ1n) is 6.95. The molecule has 1 heterocycles. The molecule has 0 spiro atoms. The smallest absolute Gasteiger partial charge is 0.164 e. The van der Waals surface area contributed by atoms with E-state index in [1.165, 1.54) is 12.0 Å². The fourth-order valence-electron chi connectivity index (χ4n) is 3.10. The Balaban J connectivity index is 2.39. The summed E-state index contributed by atoms with van der Waals surface area (Å²) < 4.78 is 11.0. The van der Waals surface area contributed by atoms with E-state index < -0.39 is 0 Å². The van der Waals surface area contributed by atoms with Gasteiger partial charge in [-0.2, -0.15) is 0 Å². The molecule has 0 bridgehead atoms. The highest BCUT2D eigenvalue weighted by atomic mass is 16.5. The number of hydrogen-bond donors (Lipinski definition) is 1. The quantitative estimate of drug-likeness (QED) is 0.906. The van der Waals surface area contributed by atoms with Crippen molar-refractivity contribution < 1.29 is 9.47 Å². The summed E-state index contributed by atoms with van der Waals surface area (Å²) in [6.07, 6.45) is 1.20. The Bertz CT molecular complexity index is 442. The van der Waals surface area contributed by atoms with Gasteiger partial charge >= 0.3 is 0 Å². The summed E-state index contributed by atoms with van der Waals surface area (Å²) in [4.78, 5) is 0. The second-order valence-electron chi connectivity index (χ2n) is 6.00. The third-order valence-corrected chi connectivity index (χ3v) is 4.47. The molecule has 1 N–H and O–H groups in total. The molecule has 19 heavy (non-hydrogen) atoms. The normalized spacial score (nSPS) is 23.4. The van der Waals surface area contributed by atoms with E-state index >= 15 is 0 Å². The zero-order valence-corrected chi connectivity index (χ0v) is 12.6. The topological polar surface area (TPSA) is 30.5 Å². The Morgan fingerprint density at radius 2 is 1.95 bits per heavy atom. The van der Waals surface area contributed by atoms with Crippen LogP contribution >= 0.6 is 0 Å². The lowest BCUT2D eigenvalue weighted by Gasteiger charge is -2.33.